The van der Waals surface area contributed by atoms with Gasteiger partial charge in [0.2, 0.25) is 0 Å². The summed E-state index contributed by atoms with van der Waals surface area (Å²) in [5.74, 6) is 0. The van der Waals surface area contributed by atoms with Gasteiger partial charge in [0.05, 0.1) is 5.02 Å². The predicted octanol–water partition coefficient (Wildman–Crippen LogP) is 3.55. The molecule has 0 aliphatic heterocycles. The molecule has 3 N–H and O–H groups in total. The molecule has 0 unspecified atom stereocenters. The highest BCUT2D eigenvalue weighted by molar-refractivity contribution is 7.92. The van der Waals surface area contributed by atoms with Crippen molar-refractivity contribution < 1.29 is 13.2 Å². The quantitative estimate of drug-likeness (QED) is 0.765. The van der Waals surface area contributed by atoms with Crippen molar-refractivity contribution in [1.29, 1.82) is 0 Å². The SMILES string of the molecule is CNC(=O)Nc1ccc(NS(=O)(=O)c2cc(Cl)ccc2Cl)cc1. The summed E-state index contributed by atoms with van der Waals surface area (Å²) in [6.07, 6.45) is 0. The highest BCUT2D eigenvalue weighted by atomic mass is 35.5. The standard InChI is InChI=1S/C14H13Cl2N3O3S/c1-17-14(20)18-10-3-5-11(6-4-10)19-23(21,22)13-8-9(15)2-7-12(13)16/h2-8,19H,1H3,(H2,17,18,20). The van der Waals surface area contributed by atoms with E-state index in [1.165, 1.54) is 37.4 Å². The lowest BCUT2D eigenvalue weighted by Gasteiger charge is -2.11. The highest BCUT2D eigenvalue weighted by Gasteiger charge is 2.18. The lowest BCUT2D eigenvalue weighted by Crippen LogP contribution is -2.24. The van der Waals surface area contributed by atoms with Gasteiger partial charge in [0.25, 0.3) is 10.0 Å². The zero-order valence-corrected chi connectivity index (χ0v) is 14.3. The fourth-order valence-electron chi connectivity index (χ4n) is 1.71. The monoisotopic (exact) mass is 373 g/mol. The molecular formula is C14H13Cl2N3O3S. The van der Waals surface area contributed by atoms with Crippen molar-refractivity contribution in [2.24, 2.45) is 0 Å². The number of rotatable bonds is 4. The second-order valence-electron chi connectivity index (χ2n) is 4.46. The van der Waals surface area contributed by atoms with Gasteiger partial charge in [-0.05, 0) is 42.5 Å². The molecule has 2 amide bonds. The number of nitrogens with one attached hydrogen (secondary N) is 3. The molecule has 2 aromatic carbocycles. The van der Waals surface area contributed by atoms with Crippen LogP contribution in [0.5, 0.6) is 0 Å². The van der Waals surface area contributed by atoms with Crippen molar-refractivity contribution >= 4 is 50.6 Å². The minimum atomic E-state index is -3.87. The number of benzene rings is 2. The number of anilines is 2. The molecule has 0 aliphatic rings. The van der Waals surface area contributed by atoms with Crippen LogP contribution in [0.25, 0.3) is 0 Å². The lowest BCUT2D eigenvalue weighted by atomic mass is 10.3. The smallest absolute Gasteiger partial charge is 0.318 e. The molecule has 0 saturated heterocycles. The van der Waals surface area contributed by atoms with Crippen molar-refractivity contribution in [1.82, 2.24) is 5.32 Å². The van der Waals surface area contributed by atoms with E-state index in [9.17, 15) is 13.2 Å². The molecule has 9 heteroatoms. The average Bonchev–Trinajstić information content (AvgIpc) is 2.51. The minimum Gasteiger partial charge on any atom is -0.341 e. The summed E-state index contributed by atoms with van der Waals surface area (Å²) in [7, 11) is -2.38. The van der Waals surface area contributed by atoms with Crippen LogP contribution in [0.1, 0.15) is 0 Å². The molecule has 0 fully saturated rings. The van der Waals surface area contributed by atoms with Crippen LogP contribution in [0.2, 0.25) is 10.0 Å². The van der Waals surface area contributed by atoms with E-state index < -0.39 is 10.0 Å². The second kappa shape index (κ2) is 7.08. The number of hydrogen-bond acceptors (Lipinski definition) is 3. The molecule has 0 aromatic heterocycles. The van der Waals surface area contributed by atoms with E-state index in [2.05, 4.69) is 15.4 Å². The van der Waals surface area contributed by atoms with E-state index in [0.29, 0.717) is 11.4 Å². The third kappa shape index (κ3) is 4.51. The zero-order valence-electron chi connectivity index (χ0n) is 11.9. The molecule has 0 spiro atoms. The third-order valence-corrected chi connectivity index (χ3v) is 4.90. The lowest BCUT2D eigenvalue weighted by molar-refractivity contribution is 0.254. The van der Waals surface area contributed by atoms with Gasteiger partial charge in [-0.25, -0.2) is 13.2 Å². The fraction of sp³-hybridized carbons (Fsp3) is 0.0714. The van der Waals surface area contributed by atoms with Crippen LogP contribution in [0.4, 0.5) is 16.2 Å². The van der Waals surface area contributed by atoms with Gasteiger partial charge >= 0.3 is 6.03 Å². The largest absolute Gasteiger partial charge is 0.341 e. The van der Waals surface area contributed by atoms with Crippen LogP contribution in [0, 0.1) is 0 Å². The molecule has 2 rings (SSSR count). The maximum Gasteiger partial charge on any atom is 0.318 e. The number of urea groups is 1. The topological polar surface area (TPSA) is 87.3 Å². The molecule has 0 heterocycles. The van der Waals surface area contributed by atoms with Crippen LogP contribution in [-0.2, 0) is 10.0 Å². The Bertz CT molecular complexity index is 824. The van der Waals surface area contributed by atoms with Gasteiger partial charge in [-0.1, -0.05) is 23.2 Å². The minimum absolute atomic E-state index is 0.0693. The van der Waals surface area contributed by atoms with Crippen molar-refractivity contribution in [3.8, 4) is 0 Å². The molecule has 23 heavy (non-hydrogen) atoms. The molecule has 122 valence electrons. The van der Waals surface area contributed by atoms with E-state index in [1.54, 1.807) is 12.1 Å². The fourth-order valence-corrected chi connectivity index (χ4v) is 3.53. The van der Waals surface area contributed by atoms with Crippen LogP contribution >= 0.6 is 23.2 Å². The predicted molar refractivity (Wildman–Crippen MR) is 91.8 cm³/mol. The number of halogens is 2. The first-order valence-corrected chi connectivity index (χ1v) is 8.62. The summed E-state index contributed by atoms with van der Waals surface area (Å²) in [5, 5.41) is 5.31. The van der Waals surface area contributed by atoms with Gasteiger partial charge < -0.3 is 10.6 Å². The number of sulfonamides is 1. The molecular weight excluding hydrogens is 361 g/mol. The maximum atomic E-state index is 12.3. The van der Waals surface area contributed by atoms with Gasteiger partial charge in [-0.3, -0.25) is 4.72 Å². The Morgan fingerprint density at radius 3 is 2.22 bits per heavy atom. The van der Waals surface area contributed by atoms with E-state index >= 15 is 0 Å². The Morgan fingerprint density at radius 2 is 1.61 bits per heavy atom. The van der Waals surface area contributed by atoms with Crippen LogP contribution in [-0.4, -0.2) is 21.5 Å². The average molecular weight is 374 g/mol. The van der Waals surface area contributed by atoms with E-state index in [-0.39, 0.29) is 21.0 Å². The number of amides is 2. The van der Waals surface area contributed by atoms with Crippen molar-refractivity contribution in [2.45, 2.75) is 4.90 Å². The number of hydrogen-bond donors (Lipinski definition) is 3. The third-order valence-electron chi connectivity index (χ3n) is 2.80. The van der Waals surface area contributed by atoms with Gasteiger partial charge in [0, 0.05) is 23.4 Å². The molecule has 6 nitrogen and oxygen atoms in total. The summed E-state index contributed by atoms with van der Waals surface area (Å²) in [6, 6.07) is 9.97. The highest BCUT2D eigenvalue weighted by Crippen LogP contribution is 2.27. The maximum absolute atomic E-state index is 12.3. The van der Waals surface area contributed by atoms with Gasteiger partial charge in [-0.2, -0.15) is 0 Å². The first kappa shape index (κ1) is 17.4. The number of carbonyl (C=O) groups is 1. The second-order valence-corrected chi connectivity index (χ2v) is 6.96. The molecule has 0 aliphatic carbocycles. The zero-order chi connectivity index (χ0) is 17.0. The molecule has 0 atom stereocenters. The Morgan fingerprint density at radius 1 is 1.00 bits per heavy atom. The summed E-state index contributed by atoms with van der Waals surface area (Å²) < 4.78 is 27.1. The van der Waals surface area contributed by atoms with E-state index in [0.717, 1.165) is 0 Å². The summed E-state index contributed by atoms with van der Waals surface area (Å²) >= 11 is 11.7. The van der Waals surface area contributed by atoms with E-state index in [1.807, 2.05) is 0 Å². The Hall–Kier alpha value is -1.96. The first-order valence-electron chi connectivity index (χ1n) is 6.38. The molecule has 0 saturated carbocycles. The first-order chi connectivity index (χ1) is 10.8. The molecule has 0 radical (unpaired) electrons. The Kier molecular flexibility index (Phi) is 5.35. The molecule has 0 bridgehead atoms. The van der Waals surface area contributed by atoms with Crippen LogP contribution < -0.4 is 15.4 Å². The summed E-state index contributed by atoms with van der Waals surface area (Å²) in [4.78, 5) is 11.1. The normalized spacial score (nSPS) is 10.9. The van der Waals surface area contributed by atoms with Crippen molar-refractivity contribution in [3.05, 3.63) is 52.5 Å². The van der Waals surface area contributed by atoms with E-state index in [4.69, 9.17) is 23.2 Å². The Balaban J connectivity index is 2.20. The van der Waals surface area contributed by atoms with Gasteiger partial charge in [-0.15, -0.1) is 0 Å². The summed E-state index contributed by atoms with van der Waals surface area (Å²) in [6.45, 7) is 0. The van der Waals surface area contributed by atoms with Gasteiger partial charge in [0.15, 0.2) is 0 Å². The van der Waals surface area contributed by atoms with Crippen LogP contribution in [0.15, 0.2) is 47.4 Å². The summed E-state index contributed by atoms with van der Waals surface area (Å²) in [5.41, 5.74) is 0.844. The van der Waals surface area contributed by atoms with Crippen LogP contribution in [0.3, 0.4) is 0 Å². The molecule has 2 aromatic rings. The Labute approximate surface area is 143 Å². The van der Waals surface area contributed by atoms with Gasteiger partial charge in [0.1, 0.15) is 4.90 Å². The van der Waals surface area contributed by atoms with Crippen molar-refractivity contribution in [3.63, 3.8) is 0 Å². The number of carbonyl (C=O) groups excluding carboxylic acids is 1. The van der Waals surface area contributed by atoms with Crippen molar-refractivity contribution in [2.75, 3.05) is 17.1 Å².